The lowest BCUT2D eigenvalue weighted by atomic mass is 10.2. The topological polar surface area (TPSA) is 73.9 Å². The second-order valence-corrected chi connectivity index (χ2v) is 6.30. The maximum absolute atomic E-state index is 12.3. The molecule has 0 saturated carbocycles. The van der Waals surface area contributed by atoms with E-state index in [1.54, 1.807) is 18.2 Å². The van der Waals surface area contributed by atoms with Gasteiger partial charge in [-0.15, -0.1) is 0 Å². The van der Waals surface area contributed by atoms with Crippen LogP contribution in [-0.2, 0) is 9.53 Å². The Hall–Kier alpha value is -2.44. The van der Waals surface area contributed by atoms with Gasteiger partial charge in [-0.25, -0.2) is 4.79 Å². The monoisotopic (exact) mass is 411 g/mol. The zero-order valence-corrected chi connectivity index (χ0v) is 16.6. The molecule has 8 heteroatoms. The predicted octanol–water partition coefficient (Wildman–Crippen LogP) is 4.58. The molecule has 27 heavy (non-hydrogen) atoms. The molecule has 6 nitrogen and oxygen atoms in total. The zero-order valence-electron chi connectivity index (χ0n) is 15.0. The molecule has 2 aromatic rings. The summed E-state index contributed by atoms with van der Waals surface area (Å²) in [5, 5.41) is 3.32. The molecule has 0 unspecified atom stereocenters. The maximum atomic E-state index is 12.3. The molecule has 0 saturated heterocycles. The summed E-state index contributed by atoms with van der Waals surface area (Å²) in [5.74, 6) is -0.275. The van der Waals surface area contributed by atoms with E-state index < -0.39 is 18.0 Å². The average molecular weight is 412 g/mol. The van der Waals surface area contributed by atoms with Crippen molar-refractivity contribution in [3.05, 3.63) is 52.0 Å². The largest absolute Gasteiger partial charge is 0.493 e. The minimum absolute atomic E-state index is 0.236. The Labute approximate surface area is 167 Å². The third-order valence-electron chi connectivity index (χ3n) is 3.54. The van der Waals surface area contributed by atoms with Gasteiger partial charge in [-0.1, -0.05) is 23.2 Å². The van der Waals surface area contributed by atoms with Crippen molar-refractivity contribution in [2.24, 2.45) is 0 Å². The molecule has 0 spiro atoms. The number of hydrogen-bond acceptors (Lipinski definition) is 5. The van der Waals surface area contributed by atoms with Gasteiger partial charge in [0.05, 0.1) is 30.0 Å². The molecule has 1 N–H and O–H groups in total. The Morgan fingerprint density at radius 1 is 1.11 bits per heavy atom. The summed E-state index contributed by atoms with van der Waals surface area (Å²) in [4.78, 5) is 24.6. The van der Waals surface area contributed by atoms with Crippen molar-refractivity contribution in [2.75, 3.05) is 19.0 Å². The summed E-state index contributed by atoms with van der Waals surface area (Å²) >= 11 is 11.8. The van der Waals surface area contributed by atoms with E-state index in [9.17, 15) is 9.59 Å². The fourth-order valence-electron chi connectivity index (χ4n) is 2.18. The SMILES string of the molecule is CCOc1ccc(C(=O)O[C@@H](C)C(=O)Nc2ccc(Cl)cc2Cl)cc1OC. The van der Waals surface area contributed by atoms with Crippen molar-refractivity contribution < 1.29 is 23.8 Å². The van der Waals surface area contributed by atoms with E-state index in [4.69, 9.17) is 37.4 Å². The minimum atomic E-state index is -1.04. The predicted molar refractivity (Wildman–Crippen MR) is 104 cm³/mol. The number of esters is 1. The molecule has 0 heterocycles. The van der Waals surface area contributed by atoms with Crippen LogP contribution in [0.3, 0.4) is 0 Å². The molecule has 2 rings (SSSR count). The number of anilines is 1. The number of carbonyl (C=O) groups excluding carboxylic acids is 2. The number of hydrogen-bond donors (Lipinski definition) is 1. The summed E-state index contributed by atoms with van der Waals surface area (Å²) in [6.45, 7) is 3.77. The van der Waals surface area contributed by atoms with Gasteiger partial charge in [0.1, 0.15) is 0 Å². The Bertz CT molecular complexity index is 841. The smallest absolute Gasteiger partial charge is 0.339 e. The highest BCUT2D eigenvalue weighted by atomic mass is 35.5. The van der Waals surface area contributed by atoms with E-state index in [1.165, 1.54) is 32.2 Å². The first-order valence-corrected chi connectivity index (χ1v) is 8.89. The molecular formula is C19H19Cl2NO5. The Kier molecular flexibility index (Phi) is 7.33. The van der Waals surface area contributed by atoms with Gasteiger partial charge in [0.25, 0.3) is 5.91 Å². The summed E-state index contributed by atoms with van der Waals surface area (Å²) in [6, 6.07) is 9.30. The number of benzene rings is 2. The van der Waals surface area contributed by atoms with Crippen LogP contribution >= 0.6 is 23.2 Å². The fourth-order valence-corrected chi connectivity index (χ4v) is 2.63. The third kappa shape index (κ3) is 5.52. The van der Waals surface area contributed by atoms with Gasteiger partial charge < -0.3 is 19.5 Å². The maximum Gasteiger partial charge on any atom is 0.339 e. The molecular weight excluding hydrogens is 393 g/mol. The average Bonchev–Trinajstić information content (AvgIpc) is 2.64. The fraction of sp³-hybridized carbons (Fsp3) is 0.263. The molecule has 2 aromatic carbocycles. The lowest BCUT2D eigenvalue weighted by molar-refractivity contribution is -0.123. The first kappa shape index (κ1) is 20.9. The van der Waals surface area contributed by atoms with Crippen LogP contribution in [-0.4, -0.2) is 31.7 Å². The Morgan fingerprint density at radius 3 is 2.48 bits per heavy atom. The third-order valence-corrected chi connectivity index (χ3v) is 4.09. The first-order valence-electron chi connectivity index (χ1n) is 8.13. The number of methoxy groups -OCH3 is 1. The summed E-state index contributed by atoms with van der Waals surface area (Å²) in [6.07, 6.45) is -1.04. The second-order valence-electron chi connectivity index (χ2n) is 5.46. The van der Waals surface area contributed by atoms with Crippen LogP contribution in [0.2, 0.25) is 10.0 Å². The number of amides is 1. The van der Waals surface area contributed by atoms with Crippen LogP contribution in [0.25, 0.3) is 0 Å². The van der Waals surface area contributed by atoms with E-state index in [-0.39, 0.29) is 10.6 Å². The van der Waals surface area contributed by atoms with Gasteiger partial charge in [0.2, 0.25) is 0 Å². The first-order chi connectivity index (χ1) is 12.8. The minimum Gasteiger partial charge on any atom is -0.493 e. The highest BCUT2D eigenvalue weighted by Gasteiger charge is 2.21. The quantitative estimate of drug-likeness (QED) is 0.674. The summed E-state index contributed by atoms with van der Waals surface area (Å²) in [7, 11) is 1.47. The van der Waals surface area contributed by atoms with Crippen LogP contribution in [0.15, 0.2) is 36.4 Å². The molecule has 0 fully saturated rings. The number of nitrogens with one attached hydrogen (secondary N) is 1. The highest BCUT2D eigenvalue weighted by molar-refractivity contribution is 6.36. The molecule has 0 radical (unpaired) electrons. The zero-order chi connectivity index (χ0) is 20.0. The van der Waals surface area contributed by atoms with E-state index in [2.05, 4.69) is 5.32 Å². The van der Waals surface area contributed by atoms with Crippen molar-refractivity contribution >= 4 is 40.8 Å². The summed E-state index contributed by atoms with van der Waals surface area (Å²) < 4.78 is 15.8. The molecule has 0 aliphatic rings. The van der Waals surface area contributed by atoms with Crippen molar-refractivity contribution in [3.8, 4) is 11.5 Å². The van der Waals surface area contributed by atoms with E-state index in [0.29, 0.717) is 28.8 Å². The van der Waals surface area contributed by atoms with Crippen molar-refractivity contribution in [3.63, 3.8) is 0 Å². The summed E-state index contributed by atoms with van der Waals surface area (Å²) in [5.41, 5.74) is 0.608. The number of ether oxygens (including phenoxy) is 3. The van der Waals surface area contributed by atoms with E-state index in [0.717, 1.165) is 0 Å². The number of carbonyl (C=O) groups is 2. The number of rotatable bonds is 7. The number of halogens is 2. The van der Waals surface area contributed by atoms with Gasteiger partial charge in [0.15, 0.2) is 17.6 Å². The van der Waals surface area contributed by atoms with E-state index in [1.807, 2.05) is 6.92 Å². The van der Waals surface area contributed by atoms with E-state index >= 15 is 0 Å². The lowest BCUT2D eigenvalue weighted by Crippen LogP contribution is -2.30. The van der Waals surface area contributed by atoms with Crippen molar-refractivity contribution in [1.82, 2.24) is 0 Å². The molecule has 1 atom stereocenters. The van der Waals surface area contributed by atoms with Crippen molar-refractivity contribution in [1.29, 1.82) is 0 Å². The second kappa shape index (κ2) is 9.48. The molecule has 0 aromatic heterocycles. The highest BCUT2D eigenvalue weighted by Crippen LogP contribution is 2.29. The Morgan fingerprint density at radius 2 is 1.85 bits per heavy atom. The van der Waals surface area contributed by atoms with Crippen LogP contribution in [0.4, 0.5) is 5.69 Å². The molecule has 144 valence electrons. The van der Waals surface area contributed by atoms with Crippen LogP contribution in [0.1, 0.15) is 24.2 Å². The van der Waals surface area contributed by atoms with Crippen molar-refractivity contribution in [2.45, 2.75) is 20.0 Å². The van der Waals surface area contributed by atoms with Crippen LogP contribution in [0, 0.1) is 0 Å². The molecule has 0 bridgehead atoms. The standard InChI is InChI=1S/C19H19Cl2NO5/c1-4-26-16-8-5-12(9-17(16)25-3)19(24)27-11(2)18(23)22-15-7-6-13(20)10-14(15)21/h5-11H,4H2,1-3H3,(H,22,23)/t11-/m0/s1. The molecule has 0 aliphatic heterocycles. The van der Waals surface area contributed by atoms with Gasteiger partial charge in [-0.2, -0.15) is 0 Å². The van der Waals surface area contributed by atoms with Crippen LogP contribution in [0.5, 0.6) is 11.5 Å². The van der Waals surface area contributed by atoms with Gasteiger partial charge >= 0.3 is 5.97 Å². The lowest BCUT2D eigenvalue weighted by Gasteiger charge is -2.15. The Balaban J connectivity index is 2.04. The van der Waals surface area contributed by atoms with Gasteiger partial charge in [-0.05, 0) is 50.2 Å². The van der Waals surface area contributed by atoms with Gasteiger partial charge in [0, 0.05) is 5.02 Å². The molecule has 1 amide bonds. The van der Waals surface area contributed by atoms with Gasteiger partial charge in [-0.3, -0.25) is 4.79 Å². The molecule has 0 aliphatic carbocycles. The normalized spacial score (nSPS) is 11.4. The van der Waals surface area contributed by atoms with Crippen LogP contribution < -0.4 is 14.8 Å².